The van der Waals surface area contributed by atoms with Crippen LogP contribution in [0.4, 0.5) is 0 Å². The van der Waals surface area contributed by atoms with Gasteiger partial charge in [-0.15, -0.1) is 0 Å². The smallest absolute Gasteiger partial charge is 0.160 e. The van der Waals surface area contributed by atoms with E-state index in [9.17, 15) is 0 Å². The van der Waals surface area contributed by atoms with Gasteiger partial charge in [0.15, 0.2) is 5.82 Å². The topological polar surface area (TPSA) is 38.9 Å². The van der Waals surface area contributed by atoms with Gasteiger partial charge in [-0.1, -0.05) is 115 Å². The second-order valence-corrected chi connectivity index (χ2v) is 10.2. The van der Waals surface area contributed by atoms with Gasteiger partial charge in [0, 0.05) is 21.9 Å². The van der Waals surface area contributed by atoms with E-state index in [1.165, 1.54) is 11.1 Å². The number of nitrogens with zero attached hydrogens (tertiary/aromatic N) is 2. The minimum Gasteiger partial charge on any atom is -0.456 e. The molecule has 2 heterocycles. The molecular weight excluding hydrogens is 500 g/mol. The first-order valence-corrected chi connectivity index (χ1v) is 13.8. The van der Waals surface area contributed by atoms with Crippen molar-refractivity contribution in [1.82, 2.24) is 9.97 Å². The van der Waals surface area contributed by atoms with E-state index >= 15 is 0 Å². The molecule has 0 radical (unpaired) electrons. The lowest BCUT2D eigenvalue weighted by Gasteiger charge is -2.11. The molecule has 0 spiro atoms. The lowest BCUT2D eigenvalue weighted by atomic mass is 9.97. The van der Waals surface area contributed by atoms with Crippen LogP contribution < -0.4 is 0 Å². The van der Waals surface area contributed by atoms with Crippen LogP contribution in [-0.2, 0) is 0 Å². The Hall–Kier alpha value is -5.54. The normalized spacial score (nSPS) is 11.4. The van der Waals surface area contributed by atoms with E-state index in [4.69, 9.17) is 14.4 Å². The van der Waals surface area contributed by atoms with Crippen LogP contribution in [0.2, 0.25) is 0 Å². The molecule has 0 unspecified atom stereocenters. The molecule has 3 nitrogen and oxygen atoms in total. The molecule has 0 amide bonds. The predicted octanol–water partition coefficient (Wildman–Crippen LogP) is 10.2. The van der Waals surface area contributed by atoms with Gasteiger partial charge >= 0.3 is 0 Å². The lowest BCUT2D eigenvalue weighted by Crippen LogP contribution is -1.96. The number of furan rings is 1. The second-order valence-electron chi connectivity index (χ2n) is 10.2. The zero-order valence-electron chi connectivity index (χ0n) is 22.2. The van der Waals surface area contributed by atoms with E-state index in [2.05, 4.69) is 109 Å². The molecule has 0 aliphatic heterocycles. The second kappa shape index (κ2) is 9.58. The summed E-state index contributed by atoms with van der Waals surface area (Å²) >= 11 is 0. The number of para-hydroxylation sites is 1. The number of hydrogen-bond acceptors (Lipinski definition) is 3. The highest BCUT2D eigenvalue weighted by Gasteiger charge is 2.17. The van der Waals surface area contributed by atoms with E-state index in [1.807, 2.05) is 36.4 Å². The Morgan fingerprint density at radius 2 is 0.976 bits per heavy atom. The first kappa shape index (κ1) is 23.4. The van der Waals surface area contributed by atoms with Gasteiger partial charge < -0.3 is 4.42 Å². The van der Waals surface area contributed by atoms with Crippen molar-refractivity contribution in [2.75, 3.05) is 0 Å². The Bertz CT molecular complexity index is 2200. The third-order valence-corrected chi connectivity index (χ3v) is 7.68. The van der Waals surface area contributed by atoms with Crippen molar-refractivity contribution >= 4 is 32.8 Å². The summed E-state index contributed by atoms with van der Waals surface area (Å²) in [5, 5.41) is 3.08. The standard InChI is InChI=1S/C38H24N2O/c1-3-11-25(12-4-1)27-15-9-16-28(23-27)29-17-10-18-30(24-29)38-39-36(26-13-5-2-6-14-26)32-21-22-34-35(37(32)40-38)31-19-7-8-20-33(31)41-34/h1-24H. The van der Waals surface area contributed by atoms with Crippen LogP contribution in [-0.4, -0.2) is 9.97 Å². The molecule has 3 heteroatoms. The minimum absolute atomic E-state index is 0.690. The van der Waals surface area contributed by atoms with Crippen molar-refractivity contribution in [2.24, 2.45) is 0 Å². The zero-order valence-corrected chi connectivity index (χ0v) is 22.2. The maximum atomic E-state index is 6.22. The Labute approximate surface area is 237 Å². The van der Waals surface area contributed by atoms with Crippen molar-refractivity contribution in [3.63, 3.8) is 0 Å². The third-order valence-electron chi connectivity index (χ3n) is 7.68. The largest absolute Gasteiger partial charge is 0.456 e. The van der Waals surface area contributed by atoms with Crippen molar-refractivity contribution in [2.45, 2.75) is 0 Å². The summed E-state index contributed by atoms with van der Waals surface area (Å²) in [5.41, 5.74) is 10.2. The van der Waals surface area contributed by atoms with Crippen molar-refractivity contribution < 1.29 is 4.42 Å². The molecule has 192 valence electrons. The highest BCUT2D eigenvalue weighted by atomic mass is 16.3. The van der Waals surface area contributed by atoms with Gasteiger partial charge in [-0.3, -0.25) is 0 Å². The molecule has 0 N–H and O–H groups in total. The Morgan fingerprint density at radius 1 is 0.390 bits per heavy atom. The van der Waals surface area contributed by atoms with Gasteiger partial charge in [0.05, 0.1) is 16.6 Å². The summed E-state index contributed by atoms with van der Waals surface area (Å²) in [7, 11) is 0. The first-order valence-electron chi connectivity index (χ1n) is 13.8. The molecule has 0 bridgehead atoms. The zero-order chi connectivity index (χ0) is 27.2. The van der Waals surface area contributed by atoms with Crippen LogP contribution in [0, 0.1) is 0 Å². The highest BCUT2D eigenvalue weighted by molar-refractivity contribution is 6.19. The Morgan fingerprint density at radius 3 is 1.73 bits per heavy atom. The highest BCUT2D eigenvalue weighted by Crippen LogP contribution is 2.38. The summed E-state index contributed by atoms with van der Waals surface area (Å²) in [6, 6.07) is 50.3. The summed E-state index contributed by atoms with van der Waals surface area (Å²) < 4.78 is 6.22. The van der Waals surface area contributed by atoms with Gasteiger partial charge in [0.25, 0.3) is 0 Å². The summed E-state index contributed by atoms with van der Waals surface area (Å²) in [6.07, 6.45) is 0. The number of rotatable bonds is 4. The van der Waals surface area contributed by atoms with Crippen molar-refractivity contribution in [3.05, 3.63) is 146 Å². The van der Waals surface area contributed by atoms with Crippen LogP contribution in [0.3, 0.4) is 0 Å². The maximum Gasteiger partial charge on any atom is 0.160 e. The average molecular weight is 525 g/mol. The van der Waals surface area contributed by atoms with Crippen LogP contribution in [0.15, 0.2) is 150 Å². The van der Waals surface area contributed by atoms with Crippen LogP contribution in [0.25, 0.3) is 77.7 Å². The van der Waals surface area contributed by atoms with E-state index in [0.29, 0.717) is 5.82 Å². The quantitative estimate of drug-likeness (QED) is 0.230. The van der Waals surface area contributed by atoms with E-state index in [0.717, 1.165) is 60.8 Å². The van der Waals surface area contributed by atoms with Crippen LogP contribution in [0.1, 0.15) is 0 Å². The van der Waals surface area contributed by atoms with Gasteiger partial charge in [-0.2, -0.15) is 0 Å². The van der Waals surface area contributed by atoms with Crippen LogP contribution >= 0.6 is 0 Å². The Balaban J connectivity index is 1.35. The number of aromatic nitrogens is 2. The molecule has 8 rings (SSSR count). The monoisotopic (exact) mass is 524 g/mol. The van der Waals surface area contributed by atoms with Crippen LogP contribution in [0.5, 0.6) is 0 Å². The maximum absolute atomic E-state index is 6.22. The first-order chi connectivity index (χ1) is 20.3. The predicted molar refractivity (Wildman–Crippen MR) is 169 cm³/mol. The van der Waals surface area contributed by atoms with Crippen molar-refractivity contribution in [3.8, 4) is 44.9 Å². The van der Waals surface area contributed by atoms with Gasteiger partial charge in [0.1, 0.15) is 11.2 Å². The molecule has 6 aromatic carbocycles. The fraction of sp³-hybridized carbons (Fsp3) is 0. The molecular formula is C38H24N2O. The molecule has 0 saturated carbocycles. The SMILES string of the molecule is c1ccc(-c2cccc(-c3cccc(-c4nc(-c5ccccc5)c5ccc6oc7ccccc7c6c5n4)c3)c2)cc1. The van der Waals surface area contributed by atoms with Crippen molar-refractivity contribution in [1.29, 1.82) is 0 Å². The summed E-state index contributed by atoms with van der Waals surface area (Å²) in [4.78, 5) is 10.4. The third kappa shape index (κ3) is 4.07. The molecule has 0 atom stereocenters. The fourth-order valence-electron chi connectivity index (χ4n) is 5.69. The molecule has 8 aromatic rings. The molecule has 0 fully saturated rings. The minimum atomic E-state index is 0.690. The van der Waals surface area contributed by atoms with Gasteiger partial charge in [-0.25, -0.2) is 9.97 Å². The summed E-state index contributed by atoms with van der Waals surface area (Å²) in [6.45, 7) is 0. The van der Waals surface area contributed by atoms with Gasteiger partial charge in [0.2, 0.25) is 0 Å². The average Bonchev–Trinajstić information content (AvgIpc) is 3.44. The fourth-order valence-corrected chi connectivity index (χ4v) is 5.69. The molecule has 0 aliphatic carbocycles. The summed E-state index contributed by atoms with van der Waals surface area (Å²) in [5.74, 6) is 0.690. The van der Waals surface area contributed by atoms with E-state index < -0.39 is 0 Å². The van der Waals surface area contributed by atoms with E-state index in [-0.39, 0.29) is 0 Å². The van der Waals surface area contributed by atoms with E-state index in [1.54, 1.807) is 0 Å². The number of fused-ring (bicyclic) bond motifs is 5. The lowest BCUT2D eigenvalue weighted by molar-refractivity contribution is 0.669. The van der Waals surface area contributed by atoms with Gasteiger partial charge in [-0.05, 0) is 52.6 Å². The molecule has 2 aromatic heterocycles. The number of hydrogen-bond donors (Lipinski definition) is 0. The molecule has 41 heavy (non-hydrogen) atoms. The molecule has 0 saturated heterocycles. The Kier molecular flexibility index (Phi) is 5.46. The number of benzene rings is 6. The molecule has 0 aliphatic rings.